The van der Waals surface area contributed by atoms with Gasteiger partial charge in [0.2, 0.25) is 0 Å². The first-order chi connectivity index (χ1) is 11.4. The van der Waals surface area contributed by atoms with Gasteiger partial charge in [0.1, 0.15) is 17.2 Å². The lowest BCUT2D eigenvalue weighted by atomic mass is 10.1. The van der Waals surface area contributed by atoms with E-state index in [-0.39, 0.29) is 30.6 Å². The van der Waals surface area contributed by atoms with E-state index in [1.165, 1.54) is 30.3 Å². The lowest BCUT2D eigenvalue weighted by Gasteiger charge is -2.28. The largest absolute Gasteiger partial charge is 0.383 e. The summed E-state index contributed by atoms with van der Waals surface area (Å²) in [5.41, 5.74) is 0.0733. The second-order valence-corrected chi connectivity index (χ2v) is 5.58. The molecule has 0 fully saturated rings. The van der Waals surface area contributed by atoms with Crippen molar-refractivity contribution in [2.24, 2.45) is 0 Å². The first kappa shape index (κ1) is 17.8. The Balaban J connectivity index is 2.34. The van der Waals surface area contributed by atoms with E-state index in [2.05, 4.69) is 9.97 Å². The number of methoxy groups -OCH3 is 1. The summed E-state index contributed by atoms with van der Waals surface area (Å²) in [6.45, 7) is 3.89. The molecule has 0 aliphatic carbocycles. The van der Waals surface area contributed by atoms with Crippen molar-refractivity contribution in [1.29, 1.82) is 0 Å². The molecule has 0 spiro atoms. The van der Waals surface area contributed by atoms with Crippen molar-refractivity contribution in [3.05, 3.63) is 63.6 Å². The van der Waals surface area contributed by atoms with Crippen molar-refractivity contribution in [2.75, 3.05) is 13.7 Å². The van der Waals surface area contributed by atoms with E-state index in [0.717, 1.165) is 0 Å². The Kier molecular flexibility index (Phi) is 5.81. The summed E-state index contributed by atoms with van der Waals surface area (Å²) in [6.07, 6.45) is 1.26. The minimum absolute atomic E-state index is 0.0556. The predicted molar refractivity (Wildman–Crippen MR) is 87.2 cm³/mol. The summed E-state index contributed by atoms with van der Waals surface area (Å²) in [5.74, 6) is -0.426. The molecular formula is C17H20FN3O3. The van der Waals surface area contributed by atoms with Crippen molar-refractivity contribution < 1.29 is 13.9 Å². The molecule has 1 aromatic heterocycles. The van der Waals surface area contributed by atoms with Crippen LogP contribution in [0.1, 0.15) is 28.7 Å². The molecule has 0 aliphatic rings. The fourth-order valence-corrected chi connectivity index (χ4v) is 2.38. The first-order valence-corrected chi connectivity index (χ1v) is 7.52. The Morgan fingerprint density at radius 3 is 2.83 bits per heavy atom. The highest BCUT2D eigenvalue weighted by molar-refractivity contribution is 5.93. The molecule has 24 heavy (non-hydrogen) atoms. The summed E-state index contributed by atoms with van der Waals surface area (Å²) in [4.78, 5) is 32.8. The van der Waals surface area contributed by atoms with Crippen LogP contribution in [-0.4, -0.2) is 40.5 Å². The Bertz CT molecular complexity index is 776. The second kappa shape index (κ2) is 7.83. The van der Waals surface area contributed by atoms with Crippen LogP contribution in [0.4, 0.5) is 4.39 Å². The summed E-state index contributed by atoms with van der Waals surface area (Å²) in [5, 5.41) is 0. The molecule has 0 aliphatic heterocycles. The van der Waals surface area contributed by atoms with Gasteiger partial charge in [-0.15, -0.1) is 0 Å². The van der Waals surface area contributed by atoms with E-state index in [0.29, 0.717) is 11.4 Å². The number of carbonyl (C=O) groups is 1. The van der Waals surface area contributed by atoms with Crippen molar-refractivity contribution in [3.8, 4) is 0 Å². The number of halogens is 1. The Hall–Kier alpha value is -2.54. The van der Waals surface area contributed by atoms with Gasteiger partial charge in [0.15, 0.2) is 0 Å². The molecule has 1 atom stereocenters. The highest BCUT2D eigenvalue weighted by Crippen LogP contribution is 2.13. The van der Waals surface area contributed by atoms with Crippen LogP contribution in [-0.2, 0) is 11.3 Å². The van der Waals surface area contributed by atoms with E-state index in [4.69, 9.17) is 4.74 Å². The van der Waals surface area contributed by atoms with Gasteiger partial charge in [-0.05, 0) is 31.5 Å². The van der Waals surface area contributed by atoms with Gasteiger partial charge < -0.3 is 14.6 Å². The molecule has 0 saturated carbocycles. The number of nitrogens with zero attached hydrogens (tertiary/aromatic N) is 2. The number of nitrogens with one attached hydrogen (secondary N) is 1. The fraction of sp³-hybridized carbons (Fsp3) is 0.353. The maximum atomic E-state index is 13.4. The summed E-state index contributed by atoms with van der Waals surface area (Å²) in [7, 11) is 1.53. The molecule has 0 unspecified atom stereocenters. The van der Waals surface area contributed by atoms with Gasteiger partial charge in [0.25, 0.3) is 11.5 Å². The van der Waals surface area contributed by atoms with Crippen LogP contribution in [0.3, 0.4) is 0 Å². The molecule has 0 bridgehead atoms. The second-order valence-electron chi connectivity index (χ2n) is 5.58. The Morgan fingerprint density at radius 1 is 1.46 bits per heavy atom. The van der Waals surface area contributed by atoms with Gasteiger partial charge in [-0.3, -0.25) is 9.59 Å². The van der Waals surface area contributed by atoms with Gasteiger partial charge in [0, 0.05) is 19.9 Å². The zero-order valence-electron chi connectivity index (χ0n) is 13.9. The molecule has 1 aromatic carbocycles. The third kappa shape index (κ3) is 4.26. The lowest BCUT2D eigenvalue weighted by molar-refractivity contribution is 0.0539. The number of rotatable bonds is 6. The SMILES string of the molecule is COC[C@H](C)N(Cc1cccc(F)c1)C(=O)c1cnc(C)[nH]c1=O. The minimum Gasteiger partial charge on any atom is -0.383 e. The molecule has 0 radical (unpaired) electrons. The fourth-order valence-electron chi connectivity index (χ4n) is 2.38. The summed E-state index contributed by atoms with van der Waals surface area (Å²) < 4.78 is 18.5. The molecule has 1 amide bonds. The van der Waals surface area contributed by atoms with Gasteiger partial charge in [0.05, 0.1) is 12.6 Å². The van der Waals surface area contributed by atoms with Crippen molar-refractivity contribution in [2.45, 2.75) is 26.4 Å². The number of hydrogen-bond acceptors (Lipinski definition) is 4. The Morgan fingerprint density at radius 2 is 2.21 bits per heavy atom. The van der Waals surface area contributed by atoms with Crippen molar-refractivity contribution >= 4 is 5.91 Å². The normalized spacial score (nSPS) is 12.0. The smallest absolute Gasteiger partial charge is 0.263 e. The van der Waals surface area contributed by atoms with E-state index in [1.54, 1.807) is 26.0 Å². The van der Waals surface area contributed by atoms with Crippen LogP contribution in [0.15, 0.2) is 35.3 Å². The van der Waals surface area contributed by atoms with Crippen LogP contribution in [0.5, 0.6) is 0 Å². The lowest BCUT2D eigenvalue weighted by Crippen LogP contribution is -2.42. The van der Waals surface area contributed by atoms with Crippen LogP contribution in [0.25, 0.3) is 0 Å². The maximum Gasteiger partial charge on any atom is 0.263 e. The third-order valence-electron chi connectivity index (χ3n) is 3.60. The van der Waals surface area contributed by atoms with Crippen LogP contribution in [0, 0.1) is 12.7 Å². The van der Waals surface area contributed by atoms with Gasteiger partial charge in [-0.25, -0.2) is 9.37 Å². The van der Waals surface area contributed by atoms with Crippen LogP contribution < -0.4 is 5.56 Å². The summed E-state index contributed by atoms with van der Waals surface area (Å²) >= 11 is 0. The number of ether oxygens (including phenoxy) is 1. The quantitative estimate of drug-likeness (QED) is 0.876. The zero-order chi connectivity index (χ0) is 17.7. The molecule has 1 heterocycles. The molecule has 2 rings (SSSR count). The summed E-state index contributed by atoms with van der Waals surface area (Å²) in [6, 6.07) is 5.70. The van der Waals surface area contributed by atoms with E-state index in [9.17, 15) is 14.0 Å². The molecule has 6 nitrogen and oxygen atoms in total. The van der Waals surface area contributed by atoms with E-state index < -0.39 is 11.5 Å². The molecule has 1 N–H and O–H groups in total. The molecule has 2 aromatic rings. The van der Waals surface area contributed by atoms with Crippen LogP contribution >= 0.6 is 0 Å². The number of amides is 1. The highest BCUT2D eigenvalue weighted by Gasteiger charge is 2.24. The van der Waals surface area contributed by atoms with Gasteiger partial charge in [-0.1, -0.05) is 12.1 Å². The van der Waals surface area contributed by atoms with E-state index in [1.807, 2.05) is 0 Å². The van der Waals surface area contributed by atoms with Crippen molar-refractivity contribution in [1.82, 2.24) is 14.9 Å². The highest BCUT2D eigenvalue weighted by atomic mass is 19.1. The number of aryl methyl sites for hydroxylation is 1. The average molecular weight is 333 g/mol. The molecule has 0 saturated heterocycles. The van der Waals surface area contributed by atoms with Gasteiger partial charge in [-0.2, -0.15) is 0 Å². The van der Waals surface area contributed by atoms with Crippen molar-refractivity contribution in [3.63, 3.8) is 0 Å². The molecular weight excluding hydrogens is 313 g/mol. The van der Waals surface area contributed by atoms with Gasteiger partial charge >= 0.3 is 0 Å². The standard InChI is InChI=1S/C17H20FN3O3/c1-11(10-24-3)21(9-13-5-4-6-14(18)7-13)17(23)15-8-19-12(2)20-16(15)22/h4-8,11H,9-10H2,1-3H3,(H,19,20,22)/t11-/m0/s1. The predicted octanol–water partition coefficient (Wildman–Crippen LogP) is 1.89. The third-order valence-corrected chi connectivity index (χ3v) is 3.60. The van der Waals surface area contributed by atoms with Crippen LogP contribution in [0.2, 0.25) is 0 Å². The minimum atomic E-state index is -0.499. The zero-order valence-corrected chi connectivity index (χ0v) is 13.9. The monoisotopic (exact) mass is 333 g/mol. The Labute approximate surface area is 139 Å². The maximum absolute atomic E-state index is 13.4. The van der Waals surface area contributed by atoms with E-state index >= 15 is 0 Å². The number of hydrogen-bond donors (Lipinski definition) is 1. The first-order valence-electron chi connectivity index (χ1n) is 7.52. The number of H-pyrrole nitrogens is 1. The number of aromatic nitrogens is 2. The molecule has 7 heteroatoms. The number of benzene rings is 1. The molecule has 128 valence electrons. The topological polar surface area (TPSA) is 75.3 Å². The number of carbonyl (C=O) groups excluding carboxylic acids is 1. The average Bonchev–Trinajstić information content (AvgIpc) is 2.52. The number of aromatic amines is 1.